The van der Waals surface area contributed by atoms with Gasteiger partial charge in [-0.05, 0) is 0 Å². The van der Waals surface area contributed by atoms with Crippen molar-refractivity contribution < 1.29 is 87.8 Å². The SMILES string of the molecule is F[B-](F)(F)F.O=C=NSC(=O)C(=O)N=C=O.[K+]. The summed E-state index contributed by atoms with van der Waals surface area (Å²) in [5, 5.41) is -1.13. The minimum Gasteiger partial charge on any atom is -0.418 e. The number of amides is 1. The molecule has 0 bridgehead atoms. The molecule has 0 unspecified atom stereocenters. The Hall–Kier alpha value is -0.129. The minimum absolute atomic E-state index is 0. The van der Waals surface area contributed by atoms with Gasteiger partial charge >= 0.3 is 69.7 Å². The van der Waals surface area contributed by atoms with Gasteiger partial charge in [0.25, 0.3) is 0 Å². The van der Waals surface area contributed by atoms with E-state index in [9.17, 15) is 36.4 Å². The van der Waals surface area contributed by atoms with Crippen LogP contribution in [0.15, 0.2) is 9.39 Å². The Balaban J connectivity index is -0.000000280. The molecule has 0 heterocycles. The van der Waals surface area contributed by atoms with Crippen molar-refractivity contribution in [1.82, 2.24) is 0 Å². The molecule has 6 nitrogen and oxygen atoms in total. The molecule has 0 saturated heterocycles. The second kappa shape index (κ2) is 12.3. The maximum absolute atomic E-state index is 10.4. The second-order valence-electron chi connectivity index (χ2n) is 1.56. The predicted molar refractivity (Wildman–Crippen MR) is 44.0 cm³/mol. The number of isocyanates is 2. The van der Waals surface area contributed by atoms with Crippen LogP contribution in [-0.2, 0) is 19.2 Å². The Morgan fingerprint density at radius 2 is 1.47 bits per heavy atom. The predicted octanol–water partition coefficient (Wildman–Crippen LogP) is -2.34. The molecule has 0 N–H and O–H groups in total. The van der Waals surface area contributed by atoms with Crippen molar-refractivity contribution in [2.45, 2.75) is 0 Å². The van der Waals surface area contributed by atoms with Gasteiger partial charge in [-0.2, -0.15) is 0 Å². The molecule has 0 saturated carbocycles. The van der Waals surface area contributed by atoms with E-state index in [1.807, 2.05) is 0 Å². The Labute approximate surface area is 138 Å². The standard InChI is InChI=1S/C4N2O4S.BF4.K/c7-1-5-3(9)4(10)11-6-2-8;2-1(3,4)5;/q;-1;+1. The molecule has 0 fully saturated rings. The summed E-state index contributed by atoms with van der Waals surface area (Å²) in [6.45, 7) is 0. The molecular formula is C4BF4KN2O4S. The van der Waals surface area contributed by atoms with Crippen molar-refractivity contribution in [2.24, 2.45) is 9.39 Å². The summed E-state index contributed by atoms with van der Waals surface area (Å²) in [4.78, 5) is 41.9. The molecule has 0 rings (SSSR count). The van der Waals surface area contributed by atoms with Crippen LogP contribution < -0.4 is 51.4 Å². The van der Waals surface area contributed by atoms with E-state index in [2.05, 4.69) is 9.39 Å². The summed E-state index contributed by atoms with van der Waals surface area (Å²) in [5.41, 5.74) is 0. The number of carbonyl (C=O) groups excluding carboxylic acids is 4. The molecular weight excluding hydrogens is 298 g/mol. The van der Waals surface area contributed by atoms with Crippen LogP contribution in [0.2, 0.25) is 0 Å². The smallest absolute Gasteiger partial charge is 0.418 e. The van der Waals surface area contributed by atoms with Gasteiger partial charge in [-0.15, -0.1) is 9.39 Å². The van der Waals surface area contributed by atoms with Gasteiger partial charge < -0.3 is 17.3 Å². The minimum atomic E-state index is -6.00. The second-order valence-corrected chi connectivity index (χ2v) is 2.30. The fourth-order valence-electron chi connectivity index (χ4n) is 0.186. The molecule has 0 aliphatic rings. The maximum Gasteiger partial charge on any atom is 1.00 e. The molecule has 0 aliphatic heterocycles. The van der Waals surface area contributed by atoms with Gasteiger partial charge in [0, 0.05) is 0 Å². The van der Waals surface area contributed by atoms with E-state index in [1.165, 1.54) is 0 Å². The maximum atomic E-state index is 10.4. The van der Waals surface area contributed by atoms with E-state index >= 15 is 0 Å². The van der Waals surface area contributed by atoms with Gasteiger partial charge in [-0.3, -0.25) is 9.59 Å². The van der Waals surface area contributed by atoms with E-state index in [4.69, 9.17) is 0 Å². The summed E-state index contributed by atoms with van der Waals surface area (Å²) in [5.74, 6) is -1.30. The molecule has 0 aromatic rings. The molecule has 0 aliphatic carbocycles. The van der Waals surface area contributed by atoms with Crippen molar-refractivity contribution >= 4 is 42.4 Å². The summed E-state index contributed by atoms with van der Waals surface area (Å²) in [6.07, 6.45) is 1.90. The molecule has 1 amide bonds. The van der Waals surface area contributed by atoms with Gasteiger partial charge in [-0.1, -0.05) is 0 Å². The quantitative estimate of drug-likeness (QED) is 0.135. The van der Waals surface area contributed by atoms with Gasteiger partial charge in [0.15, 0.2) is 0 Å². The first-order valence-electron chi connectivity index (χ1n) is 3.00. The van der Waals surface area contributed by atoms with E-state index in [0.29, 0.717) is 0 Å². The topological polar surface area (TPSA) is 93.0 Å². The van der Waals surface area contributed by atoms with Crippen molar-refractivity contribution in [3.05, 3.63) is 0 Å². The molecule has 0 radical (unpaired) electrons. The summed E-state index contributed by atoms with van der Waals surface area (Å²) in [7, 11) is -6.00. The van der Waals surface area contributed by atoms with Crippen LogP contribution in [-0.4, -0.2) is 30.4 Å². The van der Waals surface area contributed by atoms with Crippen LogP contribution in [0.25, 0.3) is 0 Å². The Morgan fingerprint density at radius 1 is 1.06 bits per heavy atom. The Bertz CT molecular complexity index is 359. The van der Waals surface area contributed by atoms with Crippen molar-refractivity contribution in [1.29, 1.82) is 0 Å². The number of hydrogen-bond acceptors (Lipinski definition) is 6. The molecule has 13 heteroatoms. The average molecular weight is 298 g/mol. The molecule has 0 atom stereocenters. The van der Waals surface area contributed by atoms with Crippen LogP contribution >= 0.6 is 11.9 Å². The van der Waals surface area contributed by atoms with E-state index < -0.39 is 18.3 Å². The summed E-state index contributed by atoms with van der Waals surface area (Å²) < 4.78 is 41.7. The van der Waals surface area contributed by atoms with E-state index in [1.54, 1.807) is 0 Å². The van der Waals surface area contributed by atoms with Crippen LogP contribution in [0.3, 0.4) is 0 Å². The number of aliphatic imine (C=N–C) groups is 1. The first-order chi connectivity index (χ1) is 7.22. The van der Waals surface area contributed by atoms with Crippen molar-refractivity contribution in [2.75, 3.05) is 0 Å². The summed E-state index contributed by atoms with van der Waals surface area (Å²) >= 11 is 0.0648. The Morgan fingerprint density at radius 3 is 1.76 bits per heavy atom. The third kappa shape index (κ3) is 25.8. The van der Waals surface area contributed by atoms with Crippen LogP contribution in [0.5, 0.6) is 0 Å². The van der Waals surface area contributed by atoms with Crippen LogP contribution in [0.4, 0.5) is 17.3 Å². The molecule has 0 aromatic heterocycles. The largest absolute Gasteiger partial charge is 1.00 e. The zero-order valence-electron chi connectivity index (χ0n) is 8.02. The normalized spacial score (nSPS) is 8.24. The van der Waals surface area contributed by atoms with Gasteiger partial charge in [-0.25, -0.2) is 9.59 Å². The van der Waals surface area contributed by atoms with Gasteiger partial charge in [0.05, 0.1) is 11.9 Å². The molecule has 17 heavy (non-hydrogen) atoms. The zero-order valence-corrected chi connectivity index (χ0v) is 12.0. The molecule has 0 spiro atoms. The number of rotatable bonds is 1. The van der Waals surface area contributed by atoms with Crippen molar-refractivity contribution in [3.8, 4) is 0 Å². The van der Waals surface area contributed by atoms with E-state index in [-0.39, 0.29) is 63.3 Å². The Kier molecular flexibility index (Phi) is 16.0. The fourth-order valence-corrected chi connectivity index (χ4v) is 0.430. The third-order valence-electron chi connectivity index (χ3n) is 0.488. The van der Waals surface area contributed by atoms with Crippen LogP contribution in [0.1, 0.15) is 0 Å². The first-order valence-corrected chi connectivity index (χ1v) is 3.77. The average Bonchev–Trinajstić information content (AvgIpc) is 2.11. The van der Waals surface area contributed by atoms with Gasteiger partial charge in [0.1, 0.15) is 0 Å². The monoisotopic (exact) mass is 298 g/mol. The number of carbonyl (C=O) groups is 2. The van der Waals surface area contributed by atoms with Gasteiger partial charge in [0.2, 0.25) is 12.2 Å². The van der Waals surface area contributed by atoms with Crippen LogP contribution in [0, 0.1) is 0 Å². The number of halogens is 4. The number of hydrogen-bond donors (Lipinski definition) is 0. The third-order valence-corrected chi connectivity index (χ3v) is 0.994. The number of nitrogens with zero attached hydrogens (tertiary/aromatic N) is 2. The fraction of sp³-hybridized carbons (Fsp3) is 0. The molecule has 0 aromatic carbocycles. The summed E-state index contributed by atoms with van der Waals surface area (Å²) in [6, 6.07) is 0. The molecule has 88 valence electrons. The van der Waals surface area contributed by atoms with Crippen molar-refractivity contribution in [3.63, 3.8) is 0 Å². The zero-order chi connectivity index (χ0) is 13.2. The first kappa shape index (κ1) is 22.1. The van der Waals surface area contributed by atoms with E-state index in [0.717, 1.165) is 12.2 Å².